The van der Waals surface area contributed by atoms with Crippen molar-refractivity contribution in [2.75, 3.05) is 6.61 Å². The smallest absolute Gasteiger partial charge is 0.416 e. The predicted octanol–water partition coefficient (Wildman–Crippen LogP) is 5.14. The van der Waals surface area contributed by atoms with Crippen molar-refractivity contribution in [2.24, 2.45) is 5.41 Å². The molecule has 0 spiro atoms. The Morgan fingerprint density at radius 3 is 2.60 bits per heavy atom. The molecule has 134 valence electrons. The fourth-order valence-electron chi connectivity index (χ4n) is 3.44. The Labute approximate surface area is 145 Å². The largest absolute Gasteiger partial charge is 0.493 e. The van der Waals surface area contributed by atoms with Gasteiger partial charge >= 0.3 is 6.18 Å². The molecule has 1 N–H and O–H groups in total. The molecule has 0 saturated heterocycles. The molecule has 1 aromatic rings. The number of ether oxygens (including phenoxy) is 1. The topological polar surface area (TPSA) is 29.5 Å². The molecule has 1 aromatic carbocycles. The Morgan fingerprint density at radius 1 is 1.12 bits per heavy atom. The zero-order chi connectivity index (χ0) is 18.3. The molecule has 1 heterocycles. The van der Waals surface area contributed by atoms with Crippen molar-refractivity contribution in [1.29, 1.82) is 0 Å². The summed E-state index contributed by atoms with van der Waals surface area (Å²) in [5.41, 5.74) is -1.41. The fourth-order valence-corrected chi connectivity index (χ4v) is 3.44. The molecule has 5 heteroatoms. The number of fused-ring (bicyclic) bond motifs is 1. The lowest BCUT2D eigenvalue weighted by atomic mass is 9.73. The highest BCUT2D eigenvalue weighted by Crippen LogP contribution is 2.49. The zero-order valence-electron chi connectivity index (χ0n) is 14.2. The lowest BCUT2D eigenvalue weighted by molar-refractivity contribution is -0.137. The van der Waals surface area contributed by atoms with Gasteiger partial charge in [0, 0.05) is 11.0 Å². The van der Waals surface area contributed by atoms with Crippen LogP contribution in [0.4, 0.5) is 13.2 Å². The molecule has 0 amide bonds. The molecule has 0 radical (unpaired) electrons. The molecule has 0 saturated carbocycles. The summed E-state index contributed by atoms with van der Waals surface area (Å²) in [6, 6.07) is 3.35. The summed E-state index contributed by atoms with van der Waals surface area (Å²) in [6.07, 6.45) is 5.79. The van der Waals surface area contributed by atoms with Crippen molar-refractivity contribution in [3.05, 3.63) is 65.3 Å². The molecule has 0 fully saturated rings. The van der Waals surface area contributed by atoms with Crippen molar-refractivity contribution in [1.82, 2.24) is 0 Å². The van der Waals surface area contributed by atoms with E-state index in [0.29, 0.717) is 18.4 Å². The molecule has 1 aliphatic carbocycles. The highest BCUT2D eigenvalue weighted by Gasteiger charge is 2.44. The van der Waals surface area contributed by atoms with Crippen LogP contribution in [0.1, 0.15) is 37.8 Å². The summed E-state index contributed by atoms with van der Waals surface area (Å²) < 4.78 is 44.9. The number of rotatable bonds is 1. The first-order valence-electron chi connectivity index (χ1n) is 8.22. The normalized spacial score (nSPS) is 25.4. The van der Waals surface area contributed by atoms with Crippen LogP contribution < -0.4 is 4.74 Å². The Kier molecular flexibility index (Phi) is 4.31. The molecule has 0 bridgehead atoms. The molecule has 0 aromatic heterocycles. The third kappa shape index (κ3) is 3.52. The maximum Gasteiger partial charge on any atom is 0.416 e. The molecule has 1 atom stereocenters. The van der Waals surface area contributed by atoms with E-state index in [4.69, 9.17) is 4.74 Å². The quantitative estimate of drug-likeness (QED) is 0.759. The van der Waals surface area contributed by atoms with Crippen LogP contribution >= 0.6 is 0 Å². The molecular weight excluding hydrogens is 329 g/mol. The zero-order valence-corrected chi connectivity index (χ0v) is 14.2. The number of allylic oxidation sites excluding steroid dienone is 5. The van der Waals surface area contributed by atoms with Crippen LogP contribution in [0.25, 0.3) is 0 Å². The summed E-state index contributed by atoms with van der Waals surface area (Å²) in [7, 11) is 0. The standard InChI is InChI=1S/C20H21F3O2/c1-18(2)12-19(24,14-7-5-3-4-6-8-14)16-10-9-15(20(21,22)23)11-17(16)25-13-18/h3-7,9-11,24H,8,12-13H2,1-2H3. The molecule has 25 heavy (non-hydrogen) atoms. The number of aliphatic hydroxyl groups is 1. The van der Waals surface area contributed by atoms with Crippen LogP contribution in [0.2, 0.25) is 0 Å². The van der Waals surface area contributed by atoms with E-state index in [-0.39, 0.29) is 12.4 Å². The van der Waals surface area contributed by atoms with Crippen LogP contribution in [0.3, 0.4) is 0 Å². The second-order valence-corrected chi connectivity index (χ2v) is 7.41. The van der Waals surface area contributed by atoms with Crippen molar-refractivity contribution in [2.45, 2.75) is 38.5 Å². The Balaban J connectivity index is 2.16. The number of hydrogen-bond acceptors (Lipinski definition) is 2. The van der Waals surface area contributed by atoms with Crippen LogP contribution in [0.15, 0.2) is 54.2 Å². The van der Waals surface area contributed by atoms with E-state index >= 15 is 0 Å². The highest BCUT2D eigenvalue weighted by atomic mass is 19.4. The van der Waals surface area contributed by atoms with Crippen LogP contribution in [-0.2, 0) is 11.8 Å². The summed E-state index contributed by atoms with van der Waals surface area (Å²) >= 11 is 0. The van der Waals surface area contributed by atoms with Gasteiger partial charge in [-0.15, -0.1) is 0 Å². The highest BCUT2D eigenvalue weighted by molar-refractivity contribution is 5.48. The van der Waals surface area contributed by atoms with Gasteiger partial charge in [0.15, 0.2) is 0 Å². The van der Waals surface area contributed by atoms with E-state index in [0.717, 1.165) is 17.7 Å². The maximum absolute atomic E-state index is 13.1. The van der Waals surface area contributed by atoms with E-state index in [2.05, 4.69) is 0 Å². The van der Waals surface area contributed by atoms with Crippen molar-refractivity contribution in [3.63, 3.8) is 0 Å². The Hall–Kier alpha value is -2.01. The predicted molar refractivity (Wildman–Crippen MR) is 90.2 cm³/mol. The summed E-state index contributed by atoms with van der Waals surface area (Å²) in [5.74, 6) is 0.0982. The van der Waals surface area contributed by atoms with Crippen molar-refractivity contribution >= 4 is 0 Å². The number of alkyl halides is 3. The third-order valence-electron chi connectivity index (χ3n) is 4.63. The number of benzene rings is 1. The second-order valence-electron chi connectivity index (χ2n) is 7.41. The second kappa shape index (κ2) is 6.06. The lowest BCUT2D eigenvalue weighted by Gasteiger charge is -2.35. The van der Waals surface area contributed by atoms with Gasteiger partial charge in [0.1, 0.15) is 11.4 Å². The monoisotopic (exact) mass is 350 g/mol. The minimum Gasteiger partial charge on any atom is -0.493 e. The minimum atomic E-state index is -4.45. The molecule has 3 rings (SSSR count). The SMILES string of the molecule is CC1(C)COc2cc(C(F)(F)F)ccc2C(O)(C2=CC=CC=CC2)C1. The van der Waals surface area contributed by atoms with Gasteiger partial charge in [0.25, 0.3) is 0 Å². The first kappa shape index (κ1) is 17.8. The first-order chi connectivity index (χ1) is 11.6. The Morgan fingerprint density at radius 2 is 1.88 bits per heavy atom. The summed E-state index contributed by atoms with van der Waals surface area (Å²) in [6.45, 7) is 4.12. The van der Waals surface area contributed by atoms with E-state index in [9.17, 15) is 18.3 Å². The Bertz CT molecular complexity index is 757. The van der Waals surface area contributed by atoms with Crippen molar-refractivity contribution in [3.8, 4) is 5.75 Å². The van der Waals surface area contributed by atoms with E-state index in [1.807, 2.05) is 44.2 Å². The molecule has 2 aliphatic rings. The summed E-state index contributed by atoms with van der Waals surface area (Å²) in [5, 5.41) is 11.6. The van der Waals surface area contributed by atoms with E-state index in [1.165, 1.54) is 6.07 Å². The van der Waals surface area contributed by atoms with Gasteiger partial charge < -0.3 is 9.84 Å². The number of halogens is 3. The van der Waals surface area contributed by atoms with Gasteiger partial charge in [-0.25, -0.2) is 0 Å². The average molecular weight is 350 g/mol. The number of hydrogen-bond donors (Lipinski definition) is 1. The van der Waals surface area contributed by atoms with Gasteiger partial charge in [-0.2, -0.15) is 13.2 Å². The van der Waals surface area contributed by atoms with Gasteiger partial charge in [0.2, 0.25) is 0 Å². The first-order valence-corrected chi connectivity index (χ1v) is 8.22. The summed E-state index contributed by atoms with van der Waals surface area (Å²) in [4.78, 5) is 0. The van der Waals surface area contributed by atoms with Crippen LogP contribution in [0, 0.1) is 5.41 Å². The van der Waals surface area contributed by atoms with Crippen LogP contribution in [0.5, 0.6) is 5.75 Å². The van der Waals surface area contributed by atoms with Gasteiger partial charge in [-0.1, -0.05) is 50.3 Å². The molecule has 2 nitrogen and oxygen atoms in total. The van der Waals surface area contributed by atoms with Crippen LogP contribution in [-0.4, -0.2) is 11.7 Å². The third-order valence-corrected chi connectivity index (χ3v) is 4.63. The average Bonchev–Trinajstić information content (AvgIpc) is 2.85. The minimum absolute atomic E-state index is 0.0982. The van der Waals surface area contributed by atoms with E-state index in [1.54, 1.807) is 0 Å². The molecule has 1 aliphatic heterocycles. The maximum atomic E-state index is 13.1. The lowest BCUT2D eigenvalue weighted by Crippen LogP contribution is -2.34. The van der Waals surface area contributed by atoms with Crippen molar-refractivity contribution < 1.29 is 23.0 Å². The molecular formula is C20H21F3O2. The molecule has 1 unspecified atom stereocenters. The fraction of sp³-hybridized carbons (Fsp3) is 0.400. The van der Waals surface area contributed by atoms with E-state index < -0.39 is 22.8 Å². The van der Waals surface area contributed by atoms with Gasteiger partial charge in [0.05, 0.1) is 12.2 Å². The van der Waals surface area contributed by atoms with Gasteiger partial charge in [-0.3, -0.25) is 0 Å². The van der Waals surface area contributed by atoms with Gasteiger partial charge in [-0.05, 0) is 30.5 Å².